The van der Waals surface area contributed by atoms with Crippen molar-refractivity contribution in [3.8, 4) is 0 Å². The molecule has 19 heavy (non-hydrogen) atoms. The van der Waals surface area contributed by atoms with E-state index in [4.69, 9.17) is 4.74 Å². The maximum Gasteiger partial charge on any atom is 0.0845 e. The Bertz CT molecular complexity index is 444. The molecule has 0 aromatic heterocycles. The number of epoxide rings is 1. The van der Waals surface area contributed by atoms with Crippen LogP contribution in [0.15, 0.2) is 60.7 Å². The van der Waals surface area contributed by atoms with Crippen LogP contribution in [0.3, 0.4) is 0 Å². The molecule has 3 rings (SSSR count). The highest BCUT2D eigenvalue weighted by Gasteiger charge is 2.37. The van der Waals surface area contributed by atoms with Crippen molar-refractivity contribution < 1.29 is 4.74 Å². The van der Waals surface area contributed by atoms with E-state index in [2.05, 4.69) is 60.7 Å². The highest BCUT2D eigenvalue weighted by atomic mass is 16.6. The molecular weight excluding hydrogens is 232 g/mol. The van der Waals surface area contributed by atoms with E-state index in [1.807, 2.05) is 0 Å². The van der Waals surface area contributed by atoms with E-state index < -0.39 is 0 Å². The largest absolute Gasteiger partial charge is 0.370 e. The molecule has 1 saturated heterocycles. The van der Waals surface area contributed by atoms with Crippen LogP contribution in [0.5, 0.6) is 0 Å². The second kappa shape index (κ2) is 6.03. The minimum Gasteiger partial charge on any atom is -0.370 e. The molecule has 2 aromatic carbocycles. The van der Waals surface area contributed by atoms with Crippen LogP contribution >= 0.6 is 0 Å². The minimum absolute atomic E-state index is 0.490. The SMILES string of the molecule is c1ccc(CC[C@H]2O[C@@H]2CCc2ccccc2)cc1. The van der Waals surface area contributed by atoms with Crippen LogP contribution in [-0.4, -0.2) is 12.2 Å². The first-order chi connectivity index (χ1) is 9.42. The first-order valence-electron chi connectivity index (χ1n) is 7.15. The van der Waals surface area contributed by atoms with Crippen molar-refractivity contribution in [2.45, 2.75) is 37.9 Å². The maximum absolute atomic E-state index is 5.76. The average molecular weight is 252 g/mol. The number of benzene rings is 2. The first-order valence-corrected chi connectivity index (χ1v) is 7.15. The van der Waals surface area contributed by atoms with Crippen molar-refractivity contribution in [3.05, 3.63) is 71.8 Å². The van der Waals surface area contributed by atoms with Crippen molar-refractivity contribution in [2.75, 3.05) is 0 Å². The lowest BCUT2D eigenvalue weighted by atomic mass is 10.0. The minimum atomic E-state index is 0.490. The van der Waals surface area contributed by atoms with E-state index in [0.29, 0.717) is 12.2 Å². The van der Waals surface area contributed by atoms with E-state index in [1.54, 1.807) is 0 Å². The van der Waals surface area contributed by atoms with Crippen LogP contribution in [-0.2, 0) is 17.6 Å². The van der Waals surface area contributed by atoms with Gasteiger partial charge in [0.1, 0.15) is 0 Å². The Hall–Kier alpha value is -1.60. The lowest BCUT2D eigenvalue weighted by Gasteiger charge is -1.99. The van der Waals surface area contributed by atoms with Crippen molar-refractivity contribution in [1.82, 2.24) is 0 Å². The van der Waals surface area contributed by atoms with Gasteiger partial charge in [-0.25, -0.2) is 0 Å². The number of rotatable bonds is 6. The van der Waals surface area contributed by atoms with Crippen LogP contribution in [0.1, 0.15) is 24.0 Å². The summed E-state index contributed by atoms with van der Waals surface area (Å²) < 4.78 is 5.76. The van der Waals surface area contributed by atoms with Gasteiger partial charge in [0, 0.05) is 0 Å². The second-order valence-corrected chi connectivity index (χ2v) is 5.26. The number of aryl methyl sites for hydroxylation is 2. The van der Waals surface area contributed by atoms with Crippen LogP contribution < -0.4 is 0 Å². The molecule has 1 fully saturated rings. The fourth-order valence-electron chi connectivity index (χ4n) is 2.59. The lowest BCUT2D eigenvalue weighted by Crippen LogP contribution is -1.98. The standard InChI is InChI=1S/C18H20O/c1-3-7-15(8-4-1)11-13-17-18(19-17)14-12-16-9-5-2-6-10-16/h1-10,17-18H,11-14H2/t17-,18-/m1/s1. The average Bonchev–Trinajstić information content (AvgIpc) is 3.24. The molecule has 1 heteroatoms. The number of ether oxygens (including phenoxy) is 1. The van der Waals surface area contributed by atoms with Crippen LogP contribution in [0.25, 0.3) is 0 Å². The molecule has 1 aliphatic rings. The summed E-state index contributed by atoms with van der Waals surface area (Å²) >= 11 is 0. The van der Waals surface area contributed by atoms with Gasteiger partial charge in [-0.2, -0.15) is 0 Å². The molecule has 0 amide bonds. The predicted molar refractivity (Wildman–Crippen MR) is 78.2 cm³/mol. The van der Waals surface area contributed by atoms with Crippen LogP contribution in [0, 0.1) is 0 Å². The summed E-state index contributed by atoms with van der Waals surface area (Å²) in [6.45, 7) is 0. The Morgan fingerprint density at radius 3 is 1.47 bits per heavy atom. The van der Waals surface area contributed by atoms with Gasteiger partial charge in [0.2, 0.25) is 0 Å². The molecule has 0 spiro atoms. The normalized spacial score (nSPS) is 21.3. The highest BCUT2D eigenvalue weighted by molar-refractivity contribution is 5.16. The molecule has 0 bridgehead atoms. The molecule has 2 atom stereocenters. The summed E-state index contributed by atoms with van der Waals surface area (Å²) in [5.41, 5.74) is 2.83. The fourth-order valence-corrected chi connectivity index (χ4v) is 2.59. The lowest BCUT2D eigenvalue weighted by molar-refractivity contribution is 0.356. The van der Waals surface area contributed by atoms with Crippen molar-refractivity contribution in [3.63, 3.8) is 0 Å². The van der Waals surface area contributed by atoms with Gasteiger partial charge in [-0.3, -0.25) is 0 Å². The zero-order valence-corrected chi connectivity index (χ0v) is 11.2. The molecule has 0 aliphatic carbocycles. The molecule has 0 N–H and O–H groups in total. The Balaban J connectivity index is 1.38. The summed E-state index contributed by atoms with van der Waals surface area (Å²) in [5, 5.41) is 0. The second-order valence-electron chi connectivity index (χ2n) is 5.26. The quantitative estimate of drug-likeness (QED) is 0.707. The molecule has 0 saturated carbocycles. The van der Waals surface area contributed by atoms with Gasteiger partial charge < -0.3 is 4.74 Å². The third-order valence-electron chi connectivity index (χ3n) is 3.81. The smallest absolute Gasteiger partial charge is 0.0845 e. The molecule has 1 nitrogen and oxygen atoms in total. The Labute approximate surface area is 115 Å². The van der Waals surface area contributed by atoms with E-state index in [9.17, 15) is 0 Å². The van der Waals surface area contributed by atoms with Gasteiger partial charge >= 0.3 is 0 Å². The monoisotopic (exact) mass is 252 g/mol. The molecular formula is C18H20O. The van der Waals surface area contributed by atoms with Crippen LogP contribution in [0.4, 0.5) is 0 Å². The number of hydrogen-bond donors (Lipinski definition) is 0. The number of hydrogen-bond acceptors (Lipinski definition) is 1. The summed E-state index contributed by atoms with van der Waals surface area (Å²) in [6.07, 6.45) is 5.56. The zero-order valence-electron chi connectivity index (χ0n) is 11.2. The van der Waals surface area contributed by atoms with Gasteiger partial charge in [-0.05, 0) is 36.8 Å². The Morgan fingerprint density at radius 1 is 0.632 bits per heavy atom. The van der Waals surface area contributed by atoms with Crippen molar-refractivity contribution in [1.29, 1.82) is 0 Å². The third-order valence-corrected chi connectivity index (χ3v) is 3.81. The predicted octanol–water partition coefficient (Wildman–Crippen LogP) is 4.02. The van der Waals surface area contributed by atoms with E-state index in [0.717, 1.165) is 25.7 Å². The first kappa shape index (κ1) is 12.4. The third kappa shape index (κ3) is 3.68. The highest BCUT2D eigenvalue weighted by Crippen LogP contribution is 2.30. The topological polar surface area (TPSA) is 12.5 Å². The van der Waals surface area contributed by atoms with Gasteiger partial charge in [0.25, 0.3) is 0 Å². The summed E-state index contributed by atoms with van der Waals surface area (Å²) in [5.74, 6) is 0. The van der Waals surface area contributed by atoms with Gasteiger partial charge in [-0.15, -0.1) is 0 Å². The molecule has 1 aliphatic heterocycles. The van der Waals surface area contributed by atoms with E-state index in [-0.39, 0.29) is 0 Å². The fraction of sp³-hybridized carbons (Fsp3) is 0.333. The zero-order chi connectivity index (χ0) is 12.9. The molecule has 0 radical (unpaired) electrons. The van der Waals surface area contributed by atoms with Crippen LogP contribution in [0.2, 0.25) is 0 Å². The van der Waals surface area contributed by atoms with Gasteiger partial charge in [0.15, 0.2) is 0 Å². The van der Waals surface area contributed by atoms with E-state index >= 15 is 0 Å². The maximum atomic E-state index is 5.76. The van der Waals surface area contributed by atoms with Gasteiger partial charge in [0.05, 0.1) is 12.2 Å². The van der Waals surface area contributed by atoms with Crippen molar-refractivity contribution >= 4 is 0 Å². The summed E-state index contributed by atoms with van der Waals surface area (Å²) in [4.78, 5) is 0. The Kier molecular flexibility index (Phi) is 3.95. The molecule has 98 valence electrons. The molecule has 0 unspecified atom stereocenters. The molecule has 1 heterocycles. The summed E-state index contributed by atoms with van der Waals surface area (Å²) in [6, 6.07) is 21.4. The van der Waals surface area contributed by atoms with E-state index in [1.165, 1.54) is 11.1 Å². The Morgan fingerprint density at radius 2 is 1.05 bits per heavy atom. The molecule has 2 aromatic rings. The van der Waals surface area contributed by atoms with Gasteiger partial charge in [-0.1, -0.05) is 60.7 Å². The summed E-state index contributed by atoms with van der Waals surface area (Å²) in [7, 11) is 0. The van der Waals surface area contributed by atoms with Crippen molar-refractivity contribution in [2.24, 2.45) is 0 Å².